The maximum absolute atomic E-state index is 13.0. The summed E-state index contributed by atoms with van der Waals surface area (Å²) in [4.78, 5) is 2.10. The summed E-state index contributed by atoms with van der Waals surface area (Å²) in [6.45, 7) is 3.95. The number of anilines is 1. The first-order valence-corrected chi connectivity index (χ1v) is 6.30. The van der Waals surface area contributed by atoms with Gasteiger partial charge in [0.1, 0.15) is 5.82 Å². The van der Waals surface area contributed by atoms with Crippen molar-refractivity contribution in [2.75, 3.05) is 25.0 Å². The molecule has 0 heterocycles. The van der Waals surface area contributed by atoms with E-state index >= 15 is 0 Å². The second-order valence-corrected chi connectivity index (χ2v) is 4.73. The van der Waals surface area contributed by atoms with Crippen LogP contribution in [0.25, 0.3) is 0 Å². The number of hydrogen-bond acceptors (Lipinski definition) is 2. The van der Waals surface area contributed by atoms with E-state index in [9.17, 15) is 4.39 Å². The molecule has 1 aromatic carbocycles. The van der Waals surface area contributed by atoms with Gasteiger partial charge >= 0.3 is 0 Å². The first kappa shape index (κ1) is 14.0. The molecule has 1 rings (SSSR count). The van der Waals surface area contributed by atoms with Gasteiger partial charge in [0.15, 0.2) is 0 Å². The van der Waals surface area contributed by atoms with E-state index in [0.717, 1.165) is 31.6 Å². The summed E-state index contributed by atoms with van der Waals surface area (Å²) in [6.07, 6.45) is 3.38. The van der Waals surface area contributed by atoms with Gasteiger partial charge in [-0.25, -0.2) is 4.39 Å². The van der Waals surface area contributed by atoms with Crippen molar-refractivity contribution in [3.63, 3.8) is 0 Å². The van der Waals surface area contributed by atoms with Crippen molar-refractivity contribution >= 4 is 5.69 Å². The van der Waals surface area contributed by atoms with Crippen LogP contribution in [0.1, 0.15) is 26.2 Å². The Hall–Kier alpha value is -1.09. The second-order valence-electron chi connectivity index (χ2n) is 4.73. The van der Waals surface area contributed by atoms with Crippen LogP contribution in [-0.4, -0.2) is 20.1 Å². The molecule has 1 atom stereocenters. The van der Waals surface area contributed by atoms with Crippen molar-refractivity contribution in [2.24, 2.45) is 11.7 Å². The highest BCUT2D eigenvalue weighted by Crippen LogP contribution is 2.16. The summed E-state index contributed by atoms with van der Waals surface area (Å²) in [6, 6.07) is 6.73. The summed E-state index contributed by atoms with van der Waals surface area (Å²) in [5.74, 6) is 0.506. The van der Waals surface area contributed by atoms with Crippen LogP contribution in [0.3, 0.4) is 0 Å². The standard InChI is InChI=1S/C14H23FN2/c1-12(8-9-16)5-4-10-17(2)14-7-3-6-13(15)11-14/h3,6-7,11-12H,4-5,8-10,16H2,1-2H3. The third-order valence-electron chi connectivity index (χ3n) is 3.10. The minimum Gasteiger partial charge on any atom is -0.375 e. The highest BCUT2D eigenvalue weighted by Gasteiger charge is 2.04. The lowest BCUT2D eigenvalue weighted by Crippen LogP contribution is -2.19. The average Bonchev–Trinajstić information content (AvgIpc) is 2.29. The Morgan fingerprint density at radius 3 is 2.76 bits per heavy atom. The molecule has 2 N–H and O–H groups in total. The molecular weight excluding hydrogens is 215 g/mol. The van der Waals surface area contributed by atoms with Gasteiger partial charge in [0, 0.05) is 19.3 Å². The zero-order valence-corrected chi connectivity index (χ0v) is 10.8. The Balaban J connectivity index is 2.32. The van der Waals surface area contributed by atoms with Gasteiger partial charge in [-0.2, -0.15) is 0 Å². The van der Waals surface area contributed by atoms with Crippen LogP contribution < -0.4 is 10.6 Å². The zero-order chi connectivity index (χ0) is 12.7. The summed E-state index contributed by atoms with van der Waals surface area (Å²) < 4.78 is 13.0. The van der Waals surface area contributed by atoms with E-state index in [1.54, 1.807) is 12.1 Å². The zero-order valence-electron chi connectivity index (χ0n) is 10.8. The van der Waals surface area contributed by atoms with Gasteiger partial charge in [0.05, 0.1) is 0 Å². The minimum absolute atomic E-state index is 0.175. The maximum atomic E-state index is 13.0. The van der Waals surface area contributed by atoms with Crippen molar-refractivity contribution in [1.82, 2.24) is 0 Å². The number of hydrogen-bond donors (Lipinski definition) is 1. The van der Waals surface area contributed by atoms with Gasteiger partial charge in [-0.1, -0.05) is 13.0 Å². The van der Waals surface area contributed by atoms with E-state index in [-0.39, 0.29) is 5.82 Å². The Morgan fingerprint density at radius 1 is 1.35 bits per heavy atom. The van der Waals surface area contributed by atoms with Gasteiger partial charge in [-0.3, -0.25) is 0 Å². The third-order valence-corrected chi connectivity index (χ3v) is 3.10. The van der Waals surface area contributed by atoms with Crippen LogP contribution in [-0.2, 0) is 0 Å². The molecule has 0 aromatic heterocycles. The molecule has 0 bridgehead atoms. The monoisotopic (exact) mass is 238 g/mol. The molecule has 3 heteroatoms. The fraction of sp³-hybridized carbons (Fsp3) is 0.571. The SMILES string of the molecule is CC(CCN)CCCN(C)c1cccc(F)c1. The summed E-state index contributed by atoms with van der Waals surface area (Å²) in [5, 5.41) is 0. The number of rotatable bonds is 7. The van der Waals surface area contributed by atoms with Crippen molar-refractivity contribution in [3.05, 3.63) is 30.1 Å². The number of halogens is 1. The molecule has 0 aliphatic carbocycles. The molecule has 0 amide bonds. The van der Waals surface area contributed by atoms with E-state index < -0.39 is 0 Å². The lowest BCUT2D eigenvalue weighted by Gasteiger charge is -2.20. The van der Waals surface area contributed by atoms with Crippen molar-refractivity contribution in [1.29, 1.82) is 0 Å². The summed E-state index contributed by atoms with van der Waals surface area (Å²) in [7, 11) is 2.00. The fourth-order valence-electron chi connectivity index (χ4n) is 1.95. The van der Waals surface area contributed by atoms with E-state index in [2.05, 4.69) is 11.8 Å². The Bertz CT molecular complexity index is 328. The van der Waals surface area contributed by atoms with Crippen LogP contribution in [0, 0.1) is 11.7 Å². The lowest BCUT2D eigenvalue weighted by atomic mass is 10.0. The van der Waals surface area contributed by atoms with Gasteiger partial charge in [-0.05, 0) is 49.9 Å². The Kier molecular flexibility index (Phi) is 5.98. The van der Waals surface area contributed by atoms with Crippen molar-refractivity contribution in [3.8, 4) is 0 Å². The van der Waals surface area contributed by atoms with Gasteiger partial charge in [-0.15, -0.1) is 0 Å². The molecule has 0 saturated heterocycles. The molecule has 0 aliphatic heterocycles. The van der Waals surface area contributed by atoms with Crippen molar-refractivity contribution < 1.29 is 4.39 Å². The van der Waals surface area contributed by atoms with E-state index in [4.69, 9.17) is 5.73 Å². The molecule has 0 aliphatic rings. The predicted octanol–water partition coefficient (Wildman–Crippen LogP) is 3.03. The second kappa shape index (κ2) is 7.28. The normalized spacial score (nSPS) is 12.5. The van der Waals surface area contributed by atoms with Gasteiger partial charge in [0.25, 0.3) is 0 Å². The van der Waals surface area contributed by atoms with Crippen molar-refractivity contribution in [2.45, 2.75) is 26.2 Å². The molecule has 0 fully saturated rings. The Labute approximate surface area is 104 Å². The van der Waals surface area contributed by atoms with Crippen LogP contribution in [0.2, 0.25) is 0 Å². The maximum Gasteiger partial charge on any atom is 0.125 e. The molecular formula is C14H23FN2. The van der Waals surface area contributed by atoms with E-state index in [0.29, 0.717) is 5.92 Å². The lowest BCUT2D eigenvalue weighted by molar-refractivity contribution is 0.482. The highest BCUT2D eigenvalue weighted by molar-refractivity contribution is 5.45. The van der Waals surface area contributed by atoms with Crippen LogP contribution >= 0.6 is 0 Å². The predicted molar refractivity (Wildman–Crippen MR) is 71.7 cm³/mol. The average molecular weight is 238 g/mol. The Morgan fingerprint density at radius 2 is 2.12 bits per heavy atom. The molecule has 1 aromatic rings. The molecule has 96 valence electrons. The first-order valence-electron chi connectivity index (χ1n) is 6.30. The largest absolute Gasteiger partial charge is 0.375 e. The molecule has 0 saturated carbocycles. The third kappa shape index (κ3) is 5.18. The molecule has 2 nitrogen and oxygen atoms in total. The first-order chi connectivity index (χ1) is 8.13. The van der Waals surface area contributed by atoms with Crippen LogP contribution in [0.15, 0.2) is 24.3 Å². The number of nitrogens with zero attached hydrogens (tertiary/aromatic N) is 1. The van der Waals surface area contributed by atoms with E-state index in [1.807, 2.05) is 13.1 Å². The summed E-state index contributed by atoms with van der Waals surface area (Å²) >= 11 is 0. The molecule has 1 unspecified atom stereocenters. The highest BCUT2D eigenvalue weighted by atomic mass is 19.1. The smallest absolute Gasteiger partial charge is 0.125 e. The topological polar surface area (TPSA) is 29.3 Å². The molecule has 0 radical (unpaired) electrons. The number of benzene rings is 1. The minimum atomic E-state index is -0.175. The van der Waals surface area contributed by atoms with Gasteiger partial charge < -0.3 is 10.6 Å². The summed E-state index contributed by atoms with van der Waals surface area (Å²) in [5.41, 5.74) is 6.46. The van der Waals surface area contributed by atoms with E-state index in [1.165, 1.54) is 12.5 Å². The fourth-order valence-corrected chi connectivity index (χ4v) is 1.95. The quantitative estimate of drug-likeness (QED) is 0.791. The van der Waals surface area contributed by atoms with Gasteiger partial charge in [0.2, 0.25) is 0 Å². The molecule has 0 spiro atoms. The number of nitrogens with two attached hydrogens (primary N) is 1. The van der Waals surface area contributed by atoms with Crippen LogP contribution in [0.4, 0.5) is 10.1 Å². The molecule has 17 heavy (non-hydrogen) atoms. The van der Waals surface area contributed by atoms with Crippen LogP contribution in [0.5, 0.6) is 0 Å².